The minimum atomic E-state index is -1.80. The van der Waals surface area contributed by atoms with Crippen molar-refractivity contribution in [1.29, 1.82) is 0 Å². The Hall–Kier alpha value is -3.74. The van der Waals surface area contributed by atoms with E-state index in [0.29, 0.717) is 28.9 Å². The third kappa shape index (κ3) is 3.03. The van der Waals surface area contributed by atoms with Gasteiger partial charge in [0.05, 0.1) is 16.9 Å². The highest BCUT2D eigenvalue weighted by Gasteiger charge is 2.52. The highest BCUT2D eigenvalue weighted by atomic mass is 16.3. The van der Waals surface area contributed by atoms with E-state index in [2.05, 4.69) is 6.58 Å². The molecule has 5 rings (SSSR count). The molecule has 2 aliphatic rings. The lowest BCUT2D eigenvalue weighted by atomic mass is 9.82. The second-order valence-electron chi connectivity index (χ2n) is 8.72. The van der Waals surface area contributed by atoms with Crippen LogP contribution in [0.25, 0.3) is 10.8 Å². The second kappa shape index (κ2) is 8.24. The van der Waals surface area contributed by atoms with Crippen molar-refractivity contribution < 1.29 is 19.8 Å². The van der Waals surface area contributed by atoms with E-state index in [1.54, 1.807) is 42.2 Å². The van der Waals surface area contributed by atoms with Gasteiger partial charge in [0.2, 0.25) is 0 Å². The quantitative estimate of drug-likeness (QED) is 0.518. The Morgan fingerprint density at radius 3 is 2.59 bits per heavy atom. The first-order valence-corrected chi connectivity index (χ1v) is 11.4. The van der Waals surface area contributed by atoms with Gasteiger partial charge in [-0.1, -0.05) is 49.4 Å². The zero-order chi connectivity index (χ0) is 24.0. The maximum Gasteiger partial charge on any atom is 0.264 e. The number of anilines is 3. The predicted octanol–water partition coefficient (Wildman–Crippen LogP) is 4.43. The van der Waals surface area contributed by atoms with Gasteiger partial charge < -0.3 is 15.1 Å². The molecule has 0 aromatic heterocycles. The van der Waals surface area contributed by atoms with Crippen LogP contribution in [-0.4, -0.2) is 35.2 Å². The molecule has 6 heteroatoms. The minimum absolute atomic E-state index is 0.0118. The van der Waals surface area contributed by atoms with Gasteiger partial charge in [-0.05, 0) is 42.1 Å². The van der Waals surface area contributed by atoms with E-state index in [4.69, 9.17) is 5.11 Å². The normalized spacial score (nSPS) is 20.0. The molecule has 0 fully saturated rings. The third-order valence-electron chi connectivity index (χ3n) is 6.76. The molecule has 2 amide bonds. The molecule has 0 radical (unpaired) electrons. The van der Waals surface area contributed by atoms with Crippen LogP contribution < -0.4 is 9.80 Å². The maximum absolute atomic E-state index is 13.4. The Balaban J connectivity index is 1.65. The molecule has 2 heterocycles. The topological polar surface area (TPSA) is 81.1 Å². The summed E-state index contributed by atoms with van der Waals surface area (Å²) in [5.41, 5.74) is 1.25. The number of hydrogen-bond acceptors (Lipinski definition) is 4. The molecule has 0 saturated heterocycles. The third-order valence-corrected chi connectivity index (χ3v) is 6.76. The van der Waals surface area contributed by atoms with Crippen LogP contribution in [0, 0.1) is 5.92 Å². The van der Waals surface area contributed by atoms with Crippen LogP contribution >= 0.6 is 0 Å². The molecule has 0 spiro atoms. The SMILES string of the molecule is C=CCN1C(=O)[C@@](O)([C@@H](C)/C=C/CCO)c2cc(N3C(=O)c4cccc5cccc3c45)ccc21. The Bertz CT molecular complexity index is 1360. The van der Waals surface area contributed by atoms with Crippen molar-refractivity contribution in [2.75, 3.05) is 23.0 Å². The van der Waals surface area contributed by atoms with E-state index in [9.17, 15) is 14.7 Å². The number of carbonyl (C=O) groups is 2. The van der Waals surface area contributed by atoms with Crippen molar-refractivity contribution in [3.63, 3.8) is 0 Å². The molecule has 0 unspecified atom stereocenters. The van der Waals surface area contributed by atoms with Gasteiger partial charge in [0.1, 0.15) is 0 Å². The lowest BCUT2D eigenvalue weighted by Crippen LogP contribution is -2.44. The van der Waals surface area contributed by atoms with Crippen molar-refractivity contribution in [3.05, 3.63) is 90.5 Å². The molecule has 3 aromatic rings. The van der Waals surface area contributed by atoms with E-state index < -0.39 is 17.4 Å². The van der Waals surface area contributed by atoms with Crippen molar-refractivity contribution in [2.45, 2.75) is 18.9 Å². The molecule has 0 saturated carbocycles. The van der Waals surface area contributed by atoms with Gasteiger partial charge in [-0.2, -0.15) is 0 Å². The van der Waals surface area contributed by atoms with Crippen LogP contribution in [-0.2, 0) is 10.4 Å². The molecule has 2 atom stereocenters. The number of aliphatic hydroxyl groups is 2. The smallest absolute Gasteiger partial charge is 0.264 e. The monoisotopic (exact) mass is 454 g/mol. The van der Waals surface area contributed by atoms with Crippen molar-refractivity contribution in [3.8, 4) is 0 Å². The van der Waals surface area contributed by atoms with E-state index in [1.807, 2.05) is 42.5 Å². The van der Waals surface area contributed by atoms with Crippen LogP contribution in [0.2, 0.25) is 0 Å². The van der Waals surface area contributed by atoms with Crippen LogP contribution in [0.1, 0.15) is 29.3 Å². The highest BCUT2D eigenvalue weighted by molar-refractivity contribution is 6.28. The minimum Gasteiger partial charge on any atom is -0.396 e. The molecule has 172 valence electrons. The Labute approximate surface area is 198 Å². The van der Waals surface area contributed by atoms with Gasteiger partial charge in [-0.15, -0.1) is 6.58 Å². The first kappa shape index (κ1) is 22.1. The molecule has 0 bridgehead atoms. The number of amides is 2. The summed E-state index contributed by atoms with van der Waals surface area (Å²) in [6.45, 7) is 5.77. The van der Waals surface area contributed by atoms with Gasteiger partial charge >= 0.3 is 0 Å². The molecular formula is C28H26N2O4. The summed E-state index contributed by atoms with van der Waals surface area (Å²) in [5, 5.41) is 22.8. The zero-order valence-corrected chi connectivity index (χ0v) is 18.9. The van der Waals surface area contributed by atoms with E-state index in [-0.39, 0.29) is 19.1 Å². The average Bonchev–Trinajstić information content (AvgIpc) is 3.25. The summed E-state index contributed by atoms with van der Waals surface area (Å²) in [7, 11) is 0. The Kier molecular flexibility index (Phi) is 5.35. The summed E-state index contributed by atoms with van der Waals surface area (Å²) in [5.74, 6) is -1.12. The molecule has 2 N–H and O–H groups in total. The van der Waals surface area contributed by atoms with Crippen LogP contribution in [0.4, 0.5) is 17.1 Å². The number of rotatable bonds is 7. The summed E-state index contributed by atoms with van der Waals surface area (Å²) in [6.07, 6.45) is 5.56. The van der Waals surface area contributed by atoms with Crippen LogP contribution in [0.15, 0.2) is 79.4 Å². The van der Waals surface area contributed by atoms with Gasteiger partial charge in [0.25, 0.3) is 11.8 Å². The number of benzene rings is 3. The Morgan fingerprint density at radius 1 is 1.09 bits per heavy atom. The molecule has 3 aromatic carbocycles. The number of nitrogens with zero attached hydrogens (tertiary/aromatic N) is 2. The first-order valence-electron chi connectivity index (χ1n) is 11.4. The molecule has 0 aliphatic carbocycles. The first-order chi connectivity index (χ1) is 16.4. The molecular weight excluding hydrogens is 428 g/mol. The summed E-state index contributed by atoms with van der Waals surface area (Å²) < 4.78 is 0. The molecule has 6 nitrogen and oxygen atoms in total. The lowest BCUT2D eigenvalue weighted by Gasteiger charge is -2.28. The van der Waals surface area contributed by atoms with Gasteiger partial charge in [-0.3, -0.25) is 14.5 Å². The van der Waals surface area contributed by atoms with Gasteiger partial charge in [0.15, 0.2) is 5.60 Å². The fourth-order valence-electron chi connectivity index (χ4n) is 5.07. The second-order valence-corrected chi connectivity index (χ2v) is 8.72. The highest BCUT2D eigenvalue weighted by Crippen LogP contribution is 2.49. The number of carbonyl (C=O) groups excluding carboxylic acids is 2. The van der Waals surface area contributed by atoms with Crippen molar-refractivity contribution in [1.82, 2.24) is 0 Å². The number of aliphatic hydroxyl groups excluding tert-OH is 1. The lowest BCUT2D eigenvalue weighted by molar-refractivity contribution is -0.139. The molecule has 34 heavy (non-hydrogen) atoms. The fourth-order valence-corrected chi connectivity index (χ4v) is 5.07. The van der Waals surface area contributed by atoms with Gasteiger partial charge in [-0.25, -0.2) is 0 Å². The van der Waals surface area contributed by atoms with E-state index in [0.717, 1.165) is 16.5 Å². The number of fused-ring (bicyclic) bond motifs is 1. The summed E-state index contributed by atoms with van der Waals surface area (Å²) >= 11 is 0. The Morgan fingerprint density at radius 2 is 1.85 bits per heavy atom. The van der Waals surface area contributed by atoms with E-state index >= 15 is 0 Å². The van der Waals surface area contributed by atoms with Crippen LogP contribution in [0.3, 0.4) is 0 Å². The standard InChI is InChI=1S/C28H26N2O4/c1-3-15-29-23-14-13-20(17-22(23)28(34,27(29)33)18(2)8-4-5-16-31)30-24-12-7-10-19-9-6-11-21(25(19)24)26(30)32/h3-4,6-14,17-18,31,34H,1,5,15-16H2,2H3/b8-4+/t18-,28+/m0/s1. The average molecular weight is 455 g/mol. The summed E-state index contributed by atoms with van der Waals surface area (Å²) in [4.78, 5) is 30.0. The summed E-state index contributed by atoms with van der Waals surface area (Å²) in [6, 6.07) is 16.8. The molecule has 2 aliphatic heterocycles. The largest absolute Gasteiger partial charge is 0.396 e. The van der Waals surface area contributed by atoms with E-state index in [1.165, 1.54) is 4.90 Å². The van der Waals surface area contributed by atoms with Crippen molar-refractivity contribution in [2.24, 2.45) is 5.92 Å². The predicted molar refractivity (Wildman–Crippen MR) is 133 cm³/mol. The van der Waals surface area contributed by atoms with Gasteiger partial charge in [0, 0.05) is 35.7 Å². The van der Waals surface area contributed by atoms with Crippen molar-refractivity contribution >= 4 is 39.6 Å². The number of hydrogen-bond donors (Lipinski definition) is 2. The zero-order valence-electron chi connectivity index (χ0n) is 18.9. The fraction of sp³-hybridized carbons (Fsp3) is 0.214. The van der Waals surface area contributed by atoms with Crippen LogP contribution in [0.5, 0.6) is 0 Å². The maximum atomic E-state index is 13.4.